The maximum absolute atomic E-state index is 10.6. The van der Waals surface area contributed by atoms with E-state index in [9.17, 15) is 25.9 Å². The Morgan fingerprint density at radius 3 is 0.771 bits per heavy atom. The minimum atomic E-state index is -4.41. The maximum Gasteiger partial charge on any atom is 2.00 e. The molecule has 0 unspecified atom stereocenters. The fraction of sp³-hybridized carbons (Fsp3) is 0. The second-order valence-electron chi connectivity index (χ2n) is 5.56. The van der Waals surface area contributed by atoms with Crippen molar-refractivity contribution in [3.05, 3.63) is 66.7 Å². The summed E-state index contributed by atoms with van der Waals surface area (Å²) in [5.41, 5.74) is 1.07. The van der Waals surface area contributed by atoms with Crippen LogP contribution in [0.5, 0.6) is 0 Å². The van der Waals surface area contributed by atoms with E-state index >= 15 is 0 Å². The van der Waals surface area contributed by atoms with E-state index in [0.29, 0.717) is 57.7 Å². The quantitative estimate of drug-likeness (QED) is 0.131. The molecule has 0 atom stereocenters. The summed E-state index contributed by atoms with van der Waals surface area (Å²) < 4.78 is 70.2. The van der Waals surface area contributed by atoms with Crippen molar-refractivity contribution < 1.29 is 25.9 Å². The molecule has 188 valence electrons. The van der Waals surface area contributed by atoms with Crippen LogP contribution in [0.1, 0.15) is 11.1 Å². The second-order valence-corrected chi connectivity index (χ2v) is 16.0. The van der Waals surface area contributed by atoms with Crippen LogP contribution in [-0.4, -0.2) is 63.7 Å². The molecule has 0 bridgehead atoms. The minimum Gasteiger partial charge on any atom is -0.744 e. The van der Waals surface area contributed by atoms with Gasteiger partial charge in [0.1, 0.15) is 20.2 Å². The number of halogens is 10. The zero-order valence-corrected chi connectivity index (χ0v) is 35.8. The Labute approximate surface area is 316 Å². The minimum absolute atomic E-state index is 0. The molecule has 0 heterocycles. The third-order valence-corrected chi connectivity index (χ3v) is 16.5. The van der Waals surface area contributed by atoms with Crippen molar-refractivity contribution in [1.82, 2.24) is 0 Å². The first-order valence-corrected chi connectivity index (χ1v) is 18.5. The van der Waals surface area contributed by atoms with E-state index < -0.39 is 20.2 Å². The van der Waals surface area contributed by atoms with E-state index in [2.05, 4.69) is 159 Å². The third-order valence-electron chi connectivity index (χ3n) is 3.29. The van der Waals surface area contributed by atoms with Gasteiger partial charge in [-0.25, -0.2) is 16.8 Å². The summed E-state index contributed by atoms with van der Waals surface area (Å²) in [5.74, 6) is 0. The van der Waals surface area contributed by atoms with Crippen LogP contribution < -0.4 is 0 Å². The number of hydrogen-bond acceptors (Lipinski definition) is 6. The summed E-state index contributed by atoms with van der Waals surface area (Å²) in [6.45, 7) is 0. The van der Waals surface area contributed by atoms with Crippen LogP contribution >= 0.6 is 159 Å². The molecule has 0 amide bonds. The predicted octanol–water partition coefficient (Wildman–Crippen LogP) is 9.65. The van der Waals surface area contributed by atoms with Gasteiger partial charge in [0.25, 0.3) is 0 Å². The maximum atomic E-state index is 10.6. The molecule has 0 saturated heterocycles. The van der Waals surface area contributed by atoms with Crippen molar-refractivity contribution >= 4 is 229 Å². The van der Waals surface area contributed by atoms with Gasteiger partial charge in [-0.3, -0.25) is 0 Å². The van der Waals surface area contributed by atoms with Crippen LogP contribution in [0.4, 0.5) is 0 Å². The smallest absolute Gasteiger partial charge is 0.744 e. The second kappa shape index (κ2) is 16.4. The molecule has 19 heteroatoms. The molecular weight excluding hydrogens is 1190 g/mol. The Balaban J connectivity index is 0.000000642. The number of benzene rings is 2. The number of hydrogen-bond donors (Lipinski definition) is 0. The van der Waals surface area contributed by atoms with Gasteiger partial charge in [0.15, 0.2) is 0 Å². The molecule has 2 aromatic carbocycles. The number of rotatable bonds is 4. The zero-order valence-electron chi connectivity index (χ0n) is 16.1. The topological polar surface area (TPSA) is 114 Å². The monoisotopic (exact) mass is 1190 g/mol. The van der Waals surface area contributed by atoms with Gasteiger partial charge >= 0.3 is 37.7 Å². The van der Waals surface area contributed by atoms with Crippen molar-refractivity contribution in [1.29, 1.82) is 0 Å². The summed E-state index contributed by atoms with van der Waals surface area (Å²) in [4.78, 5) is 0. The largest absolute Gasteiger partial charge is 2.00 e. The molecule has 0 radical (unpaired) electrons. The first-order chi connectivity index (χ1) is 15.3. The van der Waals surface area contributed by atoms with Crippen LogP contribution in [0.3, 0.4) is 0 Å². The Hall–Kier alpha value is 3.80. The van der Waals surface area contributed by atoms with Gasteiger partial charge in [0, 0.05) is 66.7 Å². The van der Waals surface area contributed by atoms with Crippen molar-refractivity contribution in [2.75, 3.05) is 0 Å². The van der Waals surface area contributed by atoms with Gasteiger partial charge in [-0.15, -0.1) is 0 Å². The van der Waals surface area contributed by atoms with Gasteiger partial charge in [-0.1, -0.05) is 0 Å². The van der Waals surface area contributed by atoms with Crippen LogP contribution in [0.25, 0.3) is 12.2 Å². The van der Waals surface area contributed by atoms with Crippen molar-refractivity contribution in [2.45, 2.75) is 0 Å². The molecule has 0 aliphatic rings. The normalized spacial score (nSPS) is 12.0. The van der Waals surface area contributed by atoms with Crippen LogP contribution in [0.2, 0.25) is 0 Å². The molecule has 35 heavy (non-hydrogen) atoms. The SMILES string of the molecule is O=S(=O)([O-])C=Cc1c(Br)c(Br)c(Br)c(Br)c1Br.O=S(=O)([O-])C=Cc1c(Br)c(Br)c(Br)c(Br)c1Br.[Ca+2]. The van der Waals surface area contributed by atoms with E-state index in [4.69, 9.17) is 0 Å². The fourth-order valence-electron chi connectivity index (χ4n) is 1.84. The van der Waals surface area contributed by atoms with Gasteiger partial charge in [0.05, 0.1) is 0 Å². The van der Waals surface area contributed by atoms with Gasteiger partial charge in [0.2, 0.25) is 0 Å². The Morgan fingerprint density at radius 2 is 0.600 bits per heavy atom. The summed E-state index contributed by atoms with van der Waals surface area (Å²) in [7, 11) is -8.81. The predicted molar refractivity (Wildman–Crippen MR) is 173 cm³/mol. The van der Waals surface area contributed by atoms with Crippen LogP contribution in [-0.2, 0) is 20.2 Å². The molecule has 0 N–H and O–H groups in total. The van der Waals surface area contributed by atoms with E-state index in [1.165, 1.54) is 12.2 Å². The molecule has 0 spiro atoms. The van der Waals surface area contributed by atoms with Crippen LogP contribution in [0, 0.1) is 0 Å². The van der Waals surface area contributed by atoms with Crippen molar-refractivity contribution in [3.63, 3.8) is 0 Å². The molecule has 2 aromatic rings. The molecule has 6 nitrogen and oxygen atoms in total. The average molecular weight is 1200 g/mol. The van der Waals surface area contributed by atoms with Gasteiger partial charge in [-0.05, 0) is 171 Å². The van der Waals surface area contributed by atoms with E-state index in [1.807, 2.05) is 0 Å². The summed E-state index contributed by atoms with van der Waals surface area (Å²) in [6, 6.07) is 0. The van der Waals surface area contributed by atoms with Crippen molar-refractivity contribution in [2.24, 2.45) is 0 Å². The molecular formula is C16H4Br10CaO6S2. The third kappa shape index (κ3) is 11.9. The van der Waals surface area contributed by atoms with E-state index in [-0.39, 0.29) is 37.7 Å². The van der Waals surface area contributed by atoms with Gasteiger partial charge < -0.3 is 9.11 Å². The fourth-order valence-corrected chi connectivity index (χ4v) is 9.13. The zero-order chi connectivity index (χ0) is 26.8. The Bertz CT molecular complexity index is 1240. The average Bonchev–Trinajstić information content (AvgIpc) is 2.72. The van der Waals surface area contributed by atoms with E-state index in [0.717, 1.165) is 8.95 Å². The molecule has 0 aliphatic carbocycles. The summed E-state index contributed by atoms with van der Waals surface area (Å²) in [5, 5.41) is 1.20. The van der Waals surface area contributed by atoms with Crippen molar-refractivity contribution in [3.8, 4) is 0 Å². The first kappa shape index (κ1) is 38.8. The molecule has 0 saturated carbocycles. The molecule has 0 aromatic heterocycles. The van der Waals surface area contributed by atoms with Crippen LogP contribution in [0.15, 0.2) is 55.5 Å². The Kier molecular flexibility index (Phi) is 18.2. The summed E-state index contributed by atoms with van der Waals surface area (Å²) >= 11 is 33.2. The first-order valence-electron chi connectivity index (χ1n) is 7.61. The summed E-state index contributed by atoms with van der Waals surface area (Å²) in [6.07, 6.45) is 2.44. The molecule has 0 aliphatic heterocycles. The standard InChI is InChI=1S/2C8H3Br5O3S.Ca/c2*9-4-3(1-2-17(14,15)16)5(10)7(12)8(13)6(4)11;/h2*1-2H,(H,14,15,16);/q;;+2/p-2. The Morgan fingerprint density at radius 1 is 0.429 bits per heavy atom. The van der Waals surface area contributed by atoms with Gasteiger partial charge in [-0.2, -0.15) is 0 Å². The molecule has 2 rings (SSSR count). The molecule has 0 fully saturated rings. The van der Waals surface area contributed by atoms with E-state index in [1.54, 1.807) is 0 Å².